The van der Waals surface area contributed by atoms with E-state index in [-0.39, 0.29) is 34.0 Å². The molecule has 2 nitrogen and oxygen atoms in total. The van der Waals surface area contributed by atoms with Gasteiger partial charge in [-0.15, -0.1) is 0 Å². The number of benzene rings is 1. The molecule has 76 heavy (non-hydrogen) atoms. The van der Waals surface area contributed by atoms with Crippen LogP contribution in [0.15, 0.2) is 47.6 Å². The molecule has 9 rings (SSSR count). The van der Waals surface area contributed by atoms with Crippen molar-refractivity contribution in [3.8, 4) is 0 Å². The summed E-state index contributed by atoms with van der Waals surface area (Å²) in [5.41, 5.74) is 5.83. The molecule has 0 N–H and O–H groups in total. The van der Waals surface area contributed by atoms with Gasteiger partial charge in [0.2, 0.25) is 0 Å². The second kappa shape index (κ2) is 49.4. The van der Waals surface area contributed by atoms with E-state index in [1.165, 1.54) is 178 Å². The average molecular weight is 1080 g/mol. The second-order valence-corrected chi connectivity index (χ2v) is 27.1. The molecular formula is C74H152O2. The molecule has 2 heterocycles. The third-order valence-electron chi connectivity index (χ3n) is 17.7. The Morgan fingerprint density at radius 3 is 0.618 bits per heavy atom. The van der Waals surface area contributed by atoms with Crippen molar-refractivity contribution in [3.63, 3.8) is 0 Å². The molecule has 6 atom stereocenters. The van der Waals surface area contributed by atoms with Crippen molar-refractivity contribution in [2.45, 2.75) is 333 Å². The summed E-state index contributed by atoms with van der Waals surface area (Å²) in [4.78, 5) is 0. The van der Waals surface area contributed by atoms with Gasteiger partial charge < -0.3 is 9.47 Å². The van der Waals surface area contributed by atoms with E-state index in [1.807, 2.05) is 0 Å². The molecule has 2 heteroatoms. The lowest BCUT2D eigenvalue weighted by Gasteiger charge is -2.23. The number of aryl methyl sites for hydroxylation is 2. The van der Waals surface area contributed by atoms with Crippen molar-refractivity contribution in [3.05, 3.63) is 58.7 Å². The Hall–Kier alpha value is -1.38. The Kier molecular flexibility index (Phi) is 52.8. The van der Waals surface area contributed by atoms with E-state index in [2.05, 4.69) is 161 Å². The van der Waals surface area contributed by atoms with E-state index in [1.54, 1.807) is 11.1 Å². The minimum atomic E-state index is 0. The Labute approximate surface area is 488 Å². The van der Waals surface area contributed by atoms with Crippen molar-refractivity contribution < 1.29 is 13.8 Å². The van der Waals surface area contributed by atoms with Crippen molar-refractivity contribution in [2.24, 2.45) is 71.0 Å². The lowest BCUT2D eigenvalue weighted by atomic mass is 9.84. The molecule has 0 radical (unpaired) electrons. The lowest BCUT2D eigenvalue weighted by Crippen LogP contribution is -2.21. The number of rotatable bonds is 0. The van der Waals surface area contributed by atoms with E-state index in [0.29, 0.717) is 12.2 Å². The van der Waals surface area contributed by atoms with Crippen LogP contribution in [0.3, 0.4) is 0 Å². The summed E-state index contributed by atoms with van der Waals surface area (Å²) in [6.07, 6.45) is 42.7. The zero-order valence-corrected chi connectivity index (χ0v) is 52.2. The Bertz CT molecular complexity index is 1160. The molecule has 0 spiro atoms. The molecular weight excluding hydrogens is 921 g/mol. The van der Waals surface area contributed by atoms with Gasteiger partial charge in [0.25, 0.3) is 0 Å². The van der Waals surface area contributed by atoms with E-state index in [9.17, 15) is 0 Å². The van der Waals surface area contributed by atoms with Crippen LogP contribution in [0.5, 0.6) is 0 Å². The first-order valence-electron chi connectivity index (χ1n) is 31.7. The predicted molar refractivity (Wildman–Crippen MR) is 358 cm³/mol. The molecule has 6 fully saturated rings. The fourth-order valence-corrected chi connectivity index (χ4v) is 10.6. The standard InChI is InChI=1S/4C8H16.2C8H14.C8H10.2C7H14O.4CH4.3H2/c7*1-7-3-5-8(2)6-4-7;2*1-6-3-4-7(2)8-5-6;;;;;;;/h4*7-8H,3-6H2,1-2H3;2*3,8H,4-6H2,1-2H3;3-6H,1-2H3;2*6-7H,3-5H2,1-2H3;4*1H4;3*1H/i;;;;;;;;;;;;;1+1;;. The molecule has 1 aromatic rings. The first-order chi connectivity index (χ1) is 34.1. The highest BCUT2D eigenvalue weighted by molar-refractivity contribution is 5.19. The molecule has 8 aliphatic rings. The van der Waals surface area contributed by atoms with Gasteiger partial charge in [0.1, 0.15) is 0 Å². The van der Waals surface area contributed by atoms with Crippen LogP contribution in [0.4, 0.5) is 0 Å². The molecule has 2 saturated heterocycles. The molecule has 460 valence electrons. The maximum absolute atomic E-state index is 5.39. The van der Waals surface area contributed by atoms with Crippen molar-refractivity contribution in [2.75, 3.05) is 13.2 Å². The fraction of sp³-hybridized carbons (Fsp3) is 0.865. The number of hydrogen-bond acceptors (Lipinski definition) is 2. The van der Waals surface area contributed by atoms with Gasteiger partial charge in [-0.3, -0.25) is 0 Å². The highest BCUT2D eigenvalue weighted by Gasteiger charge is 2.17. The summed E-state index contributed by atoms with van der Waals surface area (Å²) in [5, 5.41) is 0. The SMILES string of the molecule is C.C.C.C.CC1=CCC(C)CC1.CC1=CCC(C)CC1.CC1CCC(C)CC1.CC1CCC(C)CC1.CC1CCC(C)CC1.CC1CCC(C)CC1.CC1CCC(C)OC1.CC1CCC(C)OC1.Cc1ccc(C)cc1.[2HH].[HH].[HH]. The van der Waals surface area contributed by atoms with Crippen LogP contribution in [0.25, 0.3) is 0 Å². The third kappa shape index (κ3) is 47.4. The van der Waals surface area contributed by atoms with Crippen LogP contribution < -0.4 is 0 Å². The molecule has 2 aliphatic heterocycles. The normalized spacial score (nSPS) is 32.3. The van der Waals surface area contributed by atoms with E-state index >= 15 is 0 Å². The zero-order chi connectivity index (χ0) is 53.8. The Morgan fingerprint density at radius 1 is 0.289 bits per heavy atom. The van der Waals surface area contributed by atoms with Gasteiger partial charge in [-0.25, -0.2) is 0 Å². The maximum atomic E-state index is 5.39. The monoisotopic (exact) mass is 1070 g/mol. The van der Waals surface area contributed by atoms with Gasteiger partial charge in [-0.05, 0) is 177 Å². The van der Waals surface area contributed by atoms with Gasteiger partial charge in [-0.2, -0.15) is 0 Å². The first kappa shape index (κ1) is 81.1. The molecule has 0 amide bonds. The topological polar surface area (TPSA) is 18.5 Å². The average Bonchev–Trinajstić information content (AvgIpc) is 3.36. The number of hydrogen-bond donors (Lipinski definition) is 0. The highest BCUT2D eigenvalue weighted by atomic mass is 16.5. The lowest BCUT2D eigenvalue weighted by molar-refractivity contribution is 0.000174. The summed E-state index contributed by atoms with van der Waals surface area (Å²) in [7, 11) is 0. The molecule has 1 aromatic carbocycles. The van der Waals surface area contributed by atoms with Crippen LogP contribution in [-0.4, -0.2) is 25.4 Å². The van der Waals surface area contributed by atoms with Gasteiger partial charge in [0.05, 0.1) is 12.2 Å². The van der Waals surface area contributed by atoms with Gasteiger partial charge in [-0.1, -0.05) is 274 Å². The number of ether oxygens (including phenoxy) is 2. The molecule has 6 aliphatic carbocycles. The molecule has 4 saturated carbocycles. The van der Waals surface area contributed by atoms with E-state index in [4.69, 9.17) is 9.47 Å². The van der Waals surface area contributed by atoms with Crippen molar-refractivity contribution in [1.29, 1.82) is 0 Å². The van der Waals surface area contributed by atoms with Crippen LogP contribution in [0.2, 0.25) is 0 Å². The van der Waals surface area contributed by atoms with Crippen LogP contribution in [0.1, 0.15) is 323 Å². The molecule has 6 unspecified atom stereocenters. The smallest absolute Gasteiger partial charge is 0.0547 e. The Balaban J connectivity index is -0.000000146. The highest BCUT2D eigenvalue weighted by Crippen LogP contribution is 2.30. The summed E-state index contributed by atoms with van der Waals surface area (Å²) >= 11 is 0. The van der Waals surface area contributed by atoms with E-state index in [0.717, 1.165) is 84.2 Å². The Morgan fingerprint density at radius 2 is 0.487 bits per heavy atom. The van der Waals surface area contributed by atoms with Crippen molar-refractivity contribution >= 4 is 0 Å². The zero-order valence-electron chi connectivity index (χ0n) is 52.2. The van der Waals surface area contributed by atoms with Crippen LogP contribution in [0, 0.1) is 84.9 Å². The molecule has 0 aromatic heterocycles. The van der Waals surface area contributed by atoms with Crippen LogP contribution in [-0.2, 0) is 9.47 Å². The second-order valence-electron chi connectivity index (χ2n) is 27.1. The summed E-state index contributed by atoms with van der Waals surface area (Å²) < 4.78 is 10.8. The van der Waals surface area contributed by atoms with Gasteiger partial charge >= 0.3 is 0 Å². The largest absolute Gasteiger partial charge is 0.378 e. The number of allylic oxidation sites excluding steroid dienone is 4. The summed E-state index contributed by atoms with van der Waals surface area (Å²) in [5.74, 6) is 11.6. The third-order valence-corrected chi connectivity index (χ3v) is 17.7. The quantitative estimate of drug-likeness (QED) is 0.241. The fourth-order valence-electron chi connectivity index (χ4n) is 10.6. The minimum absolute atomic E-state index is 0. The van der Waals surface area contributed by atoms with Gasteiger partial charge in [0.15, 0.2) is 0 Å². The van der Waals surface area contributed by atoms with Gasteiger partial charge in [0, 0.05) is 17.5 Å². The van der Waals surface area contributed by atoms with Crippen LogP contribution >= 0.6 is 0 Å². The van der Waals surface area contributed by atoms with E-state index < -0.39 is 0 Å². The molecule has 0 bridgehead atoms. The first-order valence-corrected chi connectivity index (χ1v) is 31.7. The predicted octanol–water partition coefficient (Wildman–Crippen LogP) is 26.1. The summed E-state index contributed by atoms with van der Waals surface area (Å²) in [6.45, 7) is 42.9. The van der Waals surface area contributed by atoms with Crippen molar-refractivity contribution in [1.82, 2.24) is 0 Å². The minimum Gasteiger partial charge on any atom is -0.378 e. The summed E-state index contributed by atoms with van der Waals surface area (Å²) in [6, 6.07) is 8.48. The maximum Gasteiger partial charge on any atom is 0.0547 e.